The van der Waals surface area contributed by atoms with Gasteiger partial charge in [0, 0.05) is 20.2 Å². The van der Waals surface area contributed by atoms with Gasteiger partial charge in [0.15, 0.2) is 5.82 Å². The van der Waals surface area contributed by atoms with Gasteiger partial charge in [-0.05, 0) is 6.07 Å². The maximum absolute atomic E-state index is 13.4. The van der Waals surface area contributed by atoms with Gasteiger partial charge in [-0.25, -0.2) is 4.39 Å². The van der Waals surface area contributed by atoms with Crippen LogP contribution in [-0.4, -0.2) is 31.7 Å². The summed E-state index contributed by atoms with van der Waals surface area (Å²) in [5.41, 5.74) is -0.792. The fraction of sp³-hybridized carbons (Fsp3) is 0.250. The van der Waals surface area contributed by atoms with Gasteiger partial charge < -0.3 is 0 Å². The smallest absolute Gasteiger partial charge is 0.268 e. The van der Waals surface area contributed by atoms with E-state index in [1.54, 1.807) is 0 Å². The van der Waals surface area contributed by atoms with E-state index < -0.39 is 26.6 Å². The van der Waals surface area contributed by atoms with E-state index in [0.29, 0.717) is 6.07 Å². The van der Waals surface area contributed by atoms with Gasteiger partial charge in [-0.2, -0.15) is 12.7 Å². The van der Waals surface area contributed by atoms with Gasteiger partial charge in [0.2, 0.25) is 0 Å². The molecule has 0 heterocycles. The molecule has 0 spiro atoms. The Hall–Kier alpha value is -1.74. The van der Waals surface area contributed by atoms with Crippen molar-refractivity contribution in [1.29, 1.82) is 0 Å². The van der Waals surface area contributed by atoms with Gasteiger partial charge in [-0.1, -0.05) is 0 Å². The summed E-state index contributed by atoms with van der Waals surface area (Å²) in [7, 11) is -1.29. The summed E-state index contributed by atoms with van der Waals surface area (Å²) in [4.78, 5) is 9.58. The average Bonchev–Trinajstić information content (AvgIpc) is 2.20. The molecule has 0 unspecified atom stereocenters. The van der Waals surface area contributed by atoms with E-state index in [1.807, 2.05) is 4.72 Å². The summed E-state index contributed by atoms with van der Waals surface area (Å²) in [6.07, 6.45) is 0. The number of benzene rings is 1. The molecule has 1 N–H and O–H groups in total. The van der Waals surface area contributed by atoms with Gasteiger partial charge >= 0.3 is 10.2 Å². The van der Waals surface area contributed by atoms with Crippen molar-refractivity contribution in [3.8, 4) is 0 Å². The van der Waals surface area contributed by atoms with E-state index in [2.05, 4.69) is 0 Å². The van der Waals surface area contributed by atoms with Crippen LogP contribution in [0, 0.1) is 15.9 Å². The van der Waals surface area contributed by atoms with Crippen LogP contribution < -0.4 is 4.72 Å². The number of non-ortho nitro benzene ring substituents is 1. The topological polar surface area (TPSA) is 92.6 Å². The summed E-state index contributed by atoms with van der Waals surface area (Å²) < 4.78 is 38.9. The lowest BCUT2D eigenvalue weighted by Gasteiger charge is -2.13. The highest BCUT2D eigenvalue weighted by Gasteiger charge is 2.17. The molecule has 0 saturated heterocycles. The Balaban J connectivity index is 3.06. The van der Waals surface area contributed by atoms with Crippen LogP contribution in [-0.2, 0) is 10.2 Å². The molecule has 0 radical (unpaired) electrons. The molecular weight excluding hydrogens is 253 g/mol. The van der Waals surface area contributed by atoms with Crippen molar-refractivity contribution in [2.75, 3.05) is 18.8 Å². The van der Waals surface area contributed by atoms with Gasteiger partial charge in [-0.15, -0.1) is 0 Å². The number of hydrogen-bond acceptors (Lipinski definition) is 4. The summed E-state index contributed by atoms with van der Waals surface area (Å²) in [6.45, 7) is 0. The molecule has 0 amide bonds. The first-order valence-corrected chi connectivity index (χ1v) is 5.82. The molecule has 1 rings (SSSR count). The Bertz CT molecular complexity index is 544. The molecule has 17 heavy (non-hydrogen) atoms. The number of nitro groups is 1. The number of anilines is 1. The minimum Gasteiger partial charge on any atom is -0.268 e. The Morgan fingerprint density at radius 1 is 1.41 bits per heavy atom. The first-order chi connectivity index (χ1) is 7.74. The third kappa shape index (κ3) is 3.11. The van der Waals surface area contributed by atoms with Crippen LogP contribution in [0.2, 0.25) is 0 Å². The molecule has 0 fully saturated rings. The molecule has 0 aromatic heterocycles. The number of nitrogens with zero attached hydrogens (tertiary/aromatic N) is 2. The molecular formula is C8H10FN3O4S. The molecule has 7 nitrogen and oxygen atoms in total. The standard InChI is InChI=1S/C8H10FN3O4S/c1-11(2)17(15,16)10-8-4-3-6(12(13)14)5-7(8)9/h3-5,10H,1-2H3. The van der Waals surface area contributed by atoms with Crippen molar-refractivity contribution in [2.24, 2.45) is 0 Å². The van der Waals surface area contributed by atoms with E-state index in [0.717, 1.165) is 16.4 Å². The number of nitro benzene ring substituents is 1. The van der Waals surface area contributed by atoms with E-state index in [4.69, 9.17) is 0 Å². The summed E-state index contributed by atoms with van der Waals surface area (Å²) in [5, 5.41) is 10.3. The van der Waals surface area contributed by atoms with Crippen LogP contribution in [0.15, 0.2) is 18.2 Å². The van der Waals surface area contributed by atoms with Crippen molar-refractivity contribution in [2.45, 2.75) is 0 Å². The van der Waals surface area contributed by atoms with Crippen LogP contribution in [0.1, 0.15) is 0 Å². The second-order valence-electron chi connectivity index (χ2n) is 3.31. The molecule has 1 aromatic carbocycles. The highest BCUT2D eigenvalue weighted by molar-refractivity contribution is 7.90. The normalized spacial score (nSPS) is 11.5. The Kier molecular flexibility index (Phi) is 3.63. The van der Waals surface area contributed by atoms with Crippen molar-refractivity contribution >= 4 is 21.6 Å². The van der Waals surface area contributed by atoms with Gasteiger partial charge in [0.05, 0.1) is 16.7 Å². The maximum atomic E-state index is 13.4. The molecule has 0 atom stereocenters. The highest BCUT2D eigenvalue weighted by Crippen LogP contribution is 2.21. The lowest BCUT2D eigenvalue weighted by molar-refractivity contribution is -0.385. The average molecular weight is 263 g/mol. The second-order valence-corrected chi connectivity index (χ2v) is 5.20. The van der Waals surface area contributed by atoms with Crippen molar-refractivity contribution in [3.05, 3.63) is 34.1 Å². The minimum atomic E-state index is -3.83. The predicted molar refractivity (Wildman–Crippen MR) is 59.3 cm³/mol. The van der Waals surface area contributed by atoms with Crippen molar-refractivity contribution in [3.63, 3.8) is 0 Å². The molecule has 0 aliphatic carbocycles. The van der Waals surface area contributed by atoms with E-state index in [-0.39, 0.29) is 5.69 Å². The zero-order valence-corrected chi connectivity index (χ0v) is 9.86. The SMILES string of the molecule is CN(C)S(=O)(=O)Nc1ccc([N+](=O)[O-])cc1F. The quantitative estimate of drug-likeness (QED) is 0.646. The van der Waals surface area contributed by atoms with Gasteiger partial charge in [0.25, 0.3) is 5.69 Å². The predicted octanol–water partition coefficient (Wildman–Crippen LogP) is 0.952. The molecule has 0 aliphatic rings. The third-order valence-corrected chi connectivity index (χ3v) is 3.32. The number of hydrogen-bond donors (Lipinski definition) is 1. The van der Waals surface area contributed by atoms with Gasteiger partial charge in [0.1, 0.15) is 0 Å². The second kappa shape index (κ2) is 4.63. The highest BCUT2D eigenvalue weighted by atomic mass is 32.2. The largest absolute Gasteiger partial charge is 0.301 e. The van der Waals surface area contributed by atoms with Crippen LogP contribution in [0.4, 0.5) is 15.8 Å². The van der Waals surface area contributed by atoms with E-state index in [1.165, 1.54) is 14.1 Å². The fourth-order valence-electron chi connectivity index (χ4n) is 0.931. The lowest BCUT2D eigenvalue weighted by Crippen LogP contribution is -2.29. The molecule has 94 valence electrons. The molecule has 0 saturated carbocycles. The first kappa shape index (κ1) is 13.3. The lowest BCUT2D eigenvalue weighted by atomic mass is 10.3. The van der Waals surface area contributed by atoms with Gasteiger partial charge in [-0.3, -0.25) is 14.8 Å². The first-order valence-electron chi connectivity index (χ1n) is 4.38. The Morgan fingerprint density at radius 2 is 2.00 bits per heavy atom. The summed E-state index contributed by atoms with van der Waals surface area (Å²) in [6, 6.07) is 2.65. The fourth-order valence-corrected chi connectivity index (χ4v) is 1.56. The van der Waals surface area contributed by atoms with Crippen LogP contribution in [0.25, 0.3) is 0 Å². The van der Waals surface area contributed by atoms with Crippen LogP contribution >= 0.6 is 0 Å². The Morgan fingerprint density at radius 3 is 2.41 bits per heavy atom. The number of rotatable bonds is 4. The number of halogens is 1. The monoisotopic (exact) mass is 263 g/mol. The van der Waals surface area contributed by atoms with Crippen molar-refractivity contribution < 1.29 is 17.7 Å². The minimum absolute atomic E-state index is 0.343. The van der Waals surface area contributed by atoms with E-state index >= 15 is 0 Å². The van der Waals surface area contributed by atoms with Crippen molar-refractivity contribution in [1.82, 2.24) is 4.31 Å². The summed E-state index contributed by atoms with van der Waals surface area (Å²) in [5.74, 6) is -1.01. The molecule has 0 bridgehead atoms. The molecule has 9 heteroatoms. The van der Waals surface area contributed by atoms with E-state index in [9.17, 15) is 22.9 Å². The third-order valence-electron chi connectivity index (χ3n) is 1.88. The van der Waals surface area contributed by atoms with Crippen LogP contribution in [0.3, 0.4) is 0 Å². The van der Waals surface area contributed by atoms with Crippen LogP contribution in [0.5, 0.6) is 0 Å². The Labute approximate surface area is 97.2 Å². The number of nitrogens with one attached hydrogen (secondary N) is 1. The molecule has 1 aromatic rings. The summed E-state index contributed by atoms with van der Waals surface area (Å²) >= 11 is 0. The maximum Gasteiger partial charge on any atom is 0.301 e. The zero-order valence-electron chi connectivity index (χ0n) is 9.05. The molecule has 0 aliphatic heterocycles. The zero-order chi connectivity index (χ0) is 13.2.